The maximum Gasteiger partial charge on any atom is 0.326 e. The quantitative estimate of drug-likeness (QED) is 0.756. The summed E-state index contributed by atoms with van der Waals surface area (Å²) < 4.78 is 0. The van der Waals surface area contributed by atoms with Gasteiger partial charge in [-0.1, -0.05) is 54.6 Å². The maximum absolute atomic E-state index is 12.7. The highest BCUT2D eigenvalue weighted by Crippen LogP contribution is 2.28. The van der Waals surface area contributed by atoms with Crippen LogP contribution < -0.4 is 5.32 Å². The van der Waals surface area contributed by atoms with Crippen LogP contribution in [0.3, 0.4) is 0 Å². The van der Waals surface area contributed by atoms with Crippen molar-refractivity contribution in [2.24, 2.45) is 0 Å². The van der Waals surface area contributed by atoms with E-state index in [0.717, 1.165) is 5.56 Å². The molecule has 1 aliphatic rings. The summed E-state index contributed by atoms with van der Waals surface area (Å²) >= 11 is 0. The van der Waals surface area contributed by atoms with Gasteiger partial charge in [-0.15, -0.1) is 0 Å². The lowest BCUT2D eigenvalue weighted by molar-refractivity contribution is -0.141. The second kappa shape index (κ2) is 8.65. The standard InChI is InChI=1S/C23H21NO5/c1-14-16(22(27)18-10-6-5-9-17(18)21(14)26)11-12-20(25)24-19(23(28)29)13-15-7-3-2-4-8-15/h2-10,19H,11-13H2,1H3,(H,24,25)(H,28,29)/t19-/m0/s1. The summed E-state index contributed by atoms with van der Waals surface area (Å²) in [7, 11) is 0. The van der Waals surface area contributed by atoms with Gasteiger partial charge in [-0.2, -0.15) is 0 Å². The minimum absolute atomic E-state index is 0.0770. The van der Waals surface area contributed by atoms with Crippen molar-refractivity contribution in [1.29, 1.82) is 0 Å². The van der Waals surface area contributed by atoms with E-state index < -0.39 is 17.9 Å². The predicted molar refractivity (Wildman–Crippen MR) is 107 cm³/mol. The van der Waals surface area contributed by atoms with E-state index in [1.165, 1.54) is 0 Å². The molecule has 1 amide bonds. The third-order valence-corrected chi connectivity index (χ3v) is 5.00. The number of benzene rings is 2. The third-order valence-electron chi connectivity index (χ3n) is 5.00. The van der Waals surface area contributed by atoms with E-state index in [9.17, 15) is 24.3 Å². The van der Waals surface area contributed by atoms with Crippen molar-refractivity contribution in [2.75, 3.05) is 0 Å². The SMILES string of the molecule is CC1=C(CCC(=O)N[C@@H](Cc2ccccc2)C(=O)O)C(=O)c2ccccc2C1=O. The van der Waals surface area contributed by atoms with Crippen LogP contribution in [0.5, 0.6) is 0 Å². The number of rotatable bonds is 7. The molecule has 2 aromatic carbocycles. The Hall–Kier alpha value is -3.54. The number of ketones is 2. The molecule has 148 valence electrons. The Labute approximate surface area is 168 Å². The van der Waals surface area contributed by atoms with Gasteiger partial charge < -0.3 is 10.4 Å². The Balaban J connectivity index is 1.66. The van der Waals surface area contributed by atoms with Gasteiger partial charge in [0.1, 0.15) is 6.04 Å². The molecular formula is C23H21NO5. The van der Waals surface area contributed by atoms with Crippen molar-refractivity contribution in [3.63, 3.8) is 0 Å². The molecule has 0 heterocycles. The number of fused-ring (bicyclic) bond motifs is 1. The number of aliphatic carboxylic acids is 1. The molecule has 0 saturated heterocycles. The van der Waals surface area contributed by atoms with Crippen LogP contribution in [0.2, 0.25) is 0 Å². The van der Waals surface area contributed by atoms with Crippen LogP contribution in [-0.2, 0) is 16.0 Å². The third kappa shape index (κ3) is 4.48. The Morgan fingerprint density at radius 1 is 0.931 bits per heavy atom. The minimum atomic E-state index is -1.13. The lowest BCUT2D eigenvalue weighted by atomic mass is 9.83. The van der Waals surface area contributed by atoms with E-state index >= 15 is 0 Å². The molecule has 1 atom stereocenters. The number of carboxylic acid groups (broad SMARTS) is 1. The number of hydrogen-bond donors (Lipinski definition) is 2. The second-order valence-electron chi connectivity index (χ2n) is 6.96. The number of hydrogen-bond acceptors (Lipinski definition) is 4. The summed E-state index contributed by atoms with van der Waals surface area (Å²) in [5.74, 6) is -2.09. The summed E-state index contributed by atoms with van der Waals surface area (Å²) in [6.45, 7) is 1.58. The number of carbonyl (C=O) groups is 4. The van der Waals surface area contributed by atoms with Crippen LogP contribution in [0.4, 0.5) is 0 Å². The topological polar surface area (TPSA) is 101 Å². The lowest BCUT2D eigenvalue weighted by Gasteiger charge is -2.19. The molecule has 0 aliphatic heterocycles. The molecule has 0 saturated carbocycles. The predicted octanol–water partition coefficient (Wildman–Crippen LogP) is 2.97. The molecule has 3 rings (SSSR count). The molecule has 29 heavy (non-hydrogen) atoms. The molecule has 2 aromatic rings. The molecule has 1 aliphatic carbocycles. The summed E-state index contributed by atoms with van der Waals surface area (Å²) in [4.78, 5) is 49.1. The van der Waals surface area contributed by atoms with Gasteiger partial charge in [-0.25, -0.2) is 4.79 Å². The van der Waals surface area contributed by atoms with Crippen molar-refractivity contribution in [3.8, 4) is 0 Å². The zero-order valence-corrected chi connectivity index (χ0v) is 16.0. The summed E-state index contributed by atoms with van der Waals surface area (Å²) in [5.41, 5.74) is 2.14. The first-order valence-corrected chi connectivity index (χ1v) is 9.32. The van der Waals surface area contributed by atoms with E-state index in [4.69, 9.17) is 0 Å². The molecule has 2 N–H and O–H groups in total. The average Bonchev–Trinajstić information content (AvgIpc) is 2.72. The van der Waals surface area contributed by atoms with Crippen LogP contribution >= 0.6 is 0 Å². The molecule has 0 bridgehead atoms. The molecule has 0 radical (unpaired) electrons. The van der Waals surface area contributed by atoms with Crippen molar-refractivity contribution >= 4 is 23.4 Å². The van der Waals surface area contributed by atoms with Crippen LogP contribution in [0.15, 0.2) is 65.7 Å². The maximum atomic E-state index is 12.7. The van der Waals surface area contributed by atoms with Crippen molar-refractivity contribution in [3.05, 3.63) is 82.4 Å². The Bertz CT molecular complexity index is 1010. The van der Waals surface area contributed by atoms with Gasteiger partial charge in [-0.05, 0) is 18.9 Å². The normalized spacial score (nSPS) is 14.4. The number of allylic oxidation sites excluding steroid dienone is 2. The highest BCUT2D eigenvalue weighted by atomic mass is 16.4. The van der Waals surface area contributed by atoms with E-state index in [0.29, 0.717) is 22.3 Å². The minimum Gasteiger partial charge on any atom is -0.480 e. The largest absolute Gasteiger partial charge is 0.480 e. The molecule has 0 fully saturated rings. The van der Waals surface area contributed by atoms with E-state index in [1.54, 1.807) is 55.5 Å². The highest BCUT2D eigenvalue weighted by Gasteiger charge is 2.30. The van der Waals surface area contributed by atoms with Gasteiger partial charge in [-0.3, -0.25) is 14.4 Å². The Morgan fingerprint density at radius 3 is 2.14 bits per heavy atom. The van der Waals surface area contributed by atoms with Crippen LogP contribution in [0.1, 0.15) is 46.0 Å². The fraction of sp³-hybridized carbons (Fsp3) is 0.217. The average molecular weight is 391 g/mol. The van der Waals surface area contributed by atoms with E-state index in [-0.39, 0.29) is 30.8 Å². The molecular weight excluding hydrogens is 370 g/mol. The first-order chi connectivity index (χ1) is 13.9. The van der Waals surface area contributed by atoms with Crippen molar-refractivity contribution in [1.82, 2.24) is 5.32 Å². The number of carbonyl (C=O) groups excluding carboxylic acids is 3. The molecule has 0 aromatic heterocycles. The van der Waals surface area contributed by atoms with Gasteiger partial charge in [0, 0.05) is 35.1 Å². The van der Waals surface area contributed by atoms with Gasteiger partial charge >= 0.3 is 5.97 Å². The summed E-state index contributed by atoms with van der Waals surface area (Å²) in [5, 5.41) is 11.9. The molecule has 6 heteroatoms. The molecule has 0 spiro atoms. The van der Waals surface area contributed by atoms with Crippen LogP contribution in [0.25, 0.3) is 0 Å². The van der Waals surface area contributed by atoms with Crippen molar-refractivity contribution < 1.29 is 24.3 Å². The summed E-state index contributed by atoms with van der Waals surface area (Å²) in [6.07, 6.45) is 0.162. The van der Waals surface area contributed by atoms with Crippen LogP contribution in [-0.4, -0.2) is 34.6 Å². The van der Waals surface area contributed by atoms with Gasteiger partial charge in [0.25, 0.3) is 0 Å². The van der Waals surface area contributed by atoms with Gasteiger partial charge in [0.15, 0.2) is 11.6 Å². The zero-order valence-electron chi connectivity index (χ0n) is 16.0. The number of carboxylic acids is 1. The van der Waals surface area contributed by atoms with Gasteiger partial charge in [0.2, 0.25) is 5.91 Å². The smallest absolute Gasteiger partial charge is 0.326 e. The lowest BCUT2D eigenvalue weighted by Crippen LogP contribution is -2.42. The monoisotopic (exact) mass is 391 g/mol. The van der Waals surface area contributed by atoms with Crippen LogP contribution in [0, 0.1) is 0 Å². The Morgan fingerprint density at radius 2 is 1.52 bits per heavy atom. The second-order valence-corrected chi connectivity index (χ2v) is 6.96. The first-order valence-electron chi connectivity index (χ1n) is 9.32. The van der Waals surface area contributed by atoms with Gasteiger partial charge in [0.05, 0.1) is 0 Å². The Kier molecular flexibility index (Phi) is 6.02. The fourth-order valence-corrected chi connectivity index (χ4v) is 3.41. The van der Waals surface area contributed by atoms with Crippen molar-refractivity contribution in [2.45, 2.75) is 32.2 Å². The number of Topliss-reactive ketones (excluding diaryl/α,β-unsaturated/α-hetero) is 2. The fourth-order valence-electron chi connectivity index (χ4n) is 3.41. The molecule has 6 nitrogen and oxygen atoms in total. The zero-order chi connectivity index (χ0) is 21.0. The van der Waals surface area contributed by atoms with E-state index in [2.05, 4.69) is 5.32 Å². The summed E-state index contributed by atoms with van der Waals surface area (Å²) in [6, 6.07) is 14.6. The molecule has 0 unspecified atom stereocenters. The number of nitrogens with one attached hydrogen (secondary N) is 1. The van der Waals surface area contributed by atoms with E-state index in [1.807, 2.05) is 6.07 Å². The first kappa shape index (κ1) is 20.2. The number of amides is 1. The highest BCUT2D eigenvalue weighted by molar-refractivity contribution is 6.26.